The minimum Gasteiger partial charge on any atom is -0.489 e. The molecule has 0 bridgehead atoms. The van der Waals surface area contributed by atoms with Gasteiger partial charge in [-0.15, -0.1) is 0 Å². The topological polar surface area (TPSA) is 35.2 Å². The number of ether oxygens (including phenoxy) is 1. The van der Waals surface area contributed by atoms with Crippen molar-refractivity contribution < 1.29 is 4.74 Å². The van der Waals surface area contributed by atoms with Crippen LogP contribution >= 0.6 is 11.6 Å². The molecule has 0 aliphatic heterocycles. The molecule has 2 N–H and O–H groups in total. The highest BCUT2D eigenvalue weighted by atomic mass is 35.5. The average molecular weight is 268 g/mol. The van der Waals surface area contributed by atoms with Crippen LogP contribution in [-0.2, 0) is 0 Å². The lowest BCUT2D eigenvalue weighted by Crippen LogP contribution is -2.23. The standard InChI is InChI=1S/C15H22ClNO/c1-10-3-6-13(7-4-10)18-15-8-5-12(11(2)17)9-14(15)16/h5,8-11,13H,3-4,6-7,17H2,1-2H3/t10?,11-,13?/m0/s1. The van der Waals surface area contributed by atoms with Crippen LogP contribution in [0.3, 0.4) is 0 Å². The Kier molecular flexibility index (Phi) is 4.52. The van der Waals surface area contributed by atoms with E-state index in [1.54, 1.807) is 0 Å². The van der Waals surface area contributed by atoms with Crippen molar-refractivity contribution >= 4 is 11.6 Å². The van der Waals surface area contributed by atoms with E-state index in [-0.39, 0.29) is 6.04 Å². The Morgan fingerprint density at radius 1 is 1.28 bits per heavy atom. The molecular weight excluding hydrogens is 246 g/mol. The third-order valence-corrected chi connectivity index (χ3v) is 4.03. The quantitative estimate of drug-likeness (QED) is 0.885. The predicted molar refractivity (Wildman–Crippen MR) is 76.1 cm³/mol. The molecule has 0 unspecified atom stereocenters. The zero-order valence-electron chi connectivity index (χ0n) is 11.2. The summed E-state index contributed by atoms with van der Waals surface area (Å²) in [5, 5.41) is 0.670. The first-order chi connectivity index (χ1) is 8.56. The minimum absolute atomic E-state index is 0.00656. The number of hydrogen-bond donors (Lipinski definition) is 1. The number of nitrogens with two attached hydrogens (primary N) is 1. The van der Waals surface area contributed by atoms with E-state index >= 15 is 0 Å². The Bertz CT molecular complexity index is 397. The van der Waals surface area contributed by atoms with Gasteiger partial charge in [-0.25, -0.2) is 0 Å². The van der Waals surface area contributed by atoms with Crippen LogP contribution in [0.5, 0.6) is 5.75 Å². The summed E-state index contributed by atoms with van der Waals surface area (Å²) in [6, 6.07) is 5.86. The fourth-order valence-corrected chi connectivity index (χ4v) is 2.66. The summed E-state index contributed by atoms with van der Waals surface area (Å²) < 4.78 is 6.00. The second kappa shape index (κ2) is 5.94. The Hall–Kier alpha value is -0.730. The van der Waals surface area contributed by atoms with E-state index in [2.05, 4.69) is 6.92 Å². The van der Waals surface area contributed by atoms with E-state index in [0.29, 0.717) is 11.1 Å². The zero-order valence-corrected chi connectivity index (χ0v) is 11.9. The smallest absolute Gasteiger partial charge is 0.138 e. The van der Waals surface area contributed by atoms with Crippen molar-refractivity contribution in [1.82, 2.24) is 0 Å². The van der Waals surface area contributed by atoms with E-state index in [4.69, 9.17) is 22.1 Å². The van der Waals surface area contributed by atoms with Crippen LogP contribution in [0.1, 0.15) is 51.1 Å². The molecule has 0 radical (unpaired) electrons. The lowest BCUT2D eigenvalue weighted by atomic mass is 9.89. The zero-order chi connectivity index (χ0) is 13.1. The lowest BCUT2D eigenvalue weighted by molar-refractivity contribution is 0.135. The Morgan fingerprint density at radius 2 is 1.94 bits per heavy atom. The Morgan fingerprint density at radius 3 is 2.50 bits per heavy atom. The van der Waals surface area contributed by atoms with Crippen LogP contribution in [0, 0.1) is 5.92 Å². The predicted octanol–water partition coefficient (Wildman–Crippen LogP) is 4.32. The first-order valence-corrected chi connectivity index (χ1v) is 7.15. The highest BCUT2D eigenvalue weighted by molar-refractivity contribution is 6.32. The maximum atomic E-state index is 6.24. The van der Waals surface area contributed by atoms with Crippen molar-refractivity contribution in [3.8, 4) is 5.75 Å². The van der Waals surface area contributed by atoms with Gasteiger partial charge in [0.05, 0.1) is 11.1 Å². The summed E-state index contributed by atoms with van der Waals surface area (Å²) in [6.45, 7) is 4.26. The maximum Gasteiger partial charge on any atom is 0.138 e. The fraction of sp³-hybridized carbons (Fsp3) is 0.600. The molecule has 100 valence electrons. The number of rotatable bonds is 3. The molecule has 2 rings (SSSR count). The normalized spacial score (nSPS) is 25.8. The maximum absolute atomic E-state index is 6.24. The van der Waals surface area contributed by atoms with E-state index < -0.39 is 0 Å². The highest BCUT2D eigenvalue weighted by Crippen LogP contribution is 2.32. The van der Waals surface area contributed by atoms with Crippen LogP contribution in [0.2, 0.25) is 5.02 Å². The third-order valence-electron chi connectivity index (χ3n) is 3.74. The van der Waals surface area contributed by atoms with Gasteiger partial charge < -0.3 is 10.5 Å². The molecule has 1 aliphatic carbocycles. The van der Waals surface area contributed by atoms with Gasteiger partial charge in [0.15, 0.2) is 0 Å². The van der Waals surface area contributed by atoms with Gasteiger partial charge in [-0.05, 0) is 56.2 Å². The molecule has 1 aromatic carbocycles. The fourth-order valence-electron chi connectivity index (χ4n) is 2.42. The molecule has 1 aliphatic rings. The van der Waals surface area contributed by atoms with Gasteiger partial charge >= 0.3 is 0 Å². The molecule has 1 aromatic rings. The molecule has 1 atom stereocenters. The summed E-state index contributed by atoms with van der Waals surface area (Å²) in [7, 11) is 0. The van der Waals surface area contributed by atoms with Gasteiger partial charge in [0.1, 0.15) is 5.75 Å². The average Bonchev–Trinajstić information content (AvgIpc) is 2.34. The van der Waals surface area contributed by atoms with Crippen molar-refractivity contribution in [2.75, 3.05) is 0 Å². The molecule has 1 saturated carbocycles. The molecule has 0 aromatic heterocycles. The van der Waals surface area contributed by atoms with E-state index in [1.165, 1.54) is 12.8 Å². The molecule has 18 heavy (non-hydrogen) atoms. The van der Waals surface area contributed by atoms with Crippen molar-refractivity contribution in [2.45, 2.75) is 51.7 Å². The van der Waals surface area contributed by atoms with Gasteiger partial charge in [-0.3, -0.25) is 0 Å². The van der Waals surface area contributed by atoms with Crippen LogP contribution in [-0.4, -0.2) is 6.10 Å². The van der Waals surface area contributed by atoms with Crippen LogP contribution in [0.15, 0.2) is 18.2 Å². The number of hydrogen-bond acceptors (Lipinski definition) is 2. The lowest BCUT2D eigenvalue weighted by Gasteiger charge is -2.27. The molecule has 0 saturated heterocycles. The van der Waals surface area contributed by atoms with E-state index in [0.717, 1.165) is 30.1 Å². The van der Waals surface area contributed by atoms with Crippen molar-refractivity contribution in [1.29, 1.82) is 0 Å². The van der Waals surface area contributed by atoms with Gasteiger partial charge in [-0.1, -0.05) is 24.6 Å². The highest BCUT2D eigenvalue weighted by Gasteiger charge is 2.20. The first-order valence-electron chi connectivity index (χ1n) is 6.78. The number of benzene rings is 1. The number of halogens is 1. The molecule has 2 nitrogen and oxygen atoms in total. The van der Waals surface area contributed by atoms with Crippen LogP contribution in [0.25, 0.3) is 0 Å². The largest absolute Gasteiger partial charge is 0.489 e. The SMILES string of the molecule is CC1CCC(Oc2ccc([C@H](C)N)cc2Cl)CC1. The Balaban J connectivity index is 2.01. The van der Waals surface area contributed by atoms with Crippen LogP contribution in [0.4, 0.5) is 0 Å². The summed E-state index contributed by atoms with van der Waals surface area (Å²) in [5.74, 6) is 1.63. The van der Waals surface area contributed by atoms with Gasteiger partial charge in [0.2, 0.25) is 0 Å². The molecule has 0 spiro atoms. The van der Waals surface area contributed by atoms with E-state index in [9.17, 15) is 0 Å². The summed E-state index contributed by atoms with van der Waals surface area (Å²) in [6.07, 6.45) is 5.08. The summed E-state index contributed by atoms with van der Waals surface area (Å²) >= 11 is 6.24. The van der Waals surface area contributed by atoms with Crippen LogP contribution < -0.4 is 10.5 Å². The first kappa shape index (κ1) is 13.7. The van der Waals surface area contributed by atoms with Gasteiger partial charge in [0.25, 0.3) is 0 Å². The summed E-state index contributed by atoms with van der Waals surface area (Å²) in [5.41, 5.74) is 6.88. The minimum atomic E-state index is 0.00656. The molecular formula is C15H22ClNO. The molecule has 3 heteroatoms. The second-order valence-corrected chi connectivity index (χ2v) is 5.89. The van der Waals surface area contributed by atoms with Crippen molar-refractivity contribution in [3.63, 3.8) is 0 Å². The van der Waals surface area contributed by atoms with Gasteiger partial charge in [0, 0.05) is 6.04 Å². The molecule has 1 fully saturated rings. The van der Waals surface area contributed by atoms with Crippen molar-refractivity contribution in [3.05, 3.63) is 28.8 Å². The van der Waals surface area contributed by atoms with Gasteiger partial charge in [-0.2, -0.15) is 0 Å². The summed E-state index contributed by atoms with van der Waals surface area (Å²) in [4.78, 5) is 0. The third kappa shape index (κ3) is 3.39. The second-order valence-electron chi connectivity index (χ2n) is 5.48. The molecule has 0 heterocycles. The van der Waals surface area contributed by atoms with Crippen molar-refractivity contribution in [2.24, 2.45) is 11.7 Å². The Labute approximate surface area is 114 Å². The monoisotopic (exact) mass is 267 g/mol. The van der Waals surface area contributed by atoms with E-state index in [1.807, 2.05) is 25.1 Å². The molecule has 0 amide bonds.